The van der Waals surface area contributed by atoms with Gasteiger partial charge in [-0.25, -0.2) is 0 Å². The maximum Gasteiger partial charge on any atom is 0.228 e. The van der Waals surface area contributed by atoms with Crippen LogP contribution in [0.1, 0.15) is 45.1 Å². The number of rotatable bonds is 2. The fourth-order valence-corrected chi connectivity index (χ4v) is 3.78. The third-order valence-electron chi connectivity index (χ3n) is 4.34. The monoisotopic (exact) mass is 338 g/mol. The van der Waals surface area contributed by atoms with Gasteiger partial charge in [0.15, 0.2) is 0 Å². The molecule has 2 rings (SSSR count). The van der Waals surface area contributed by atoms with E-state index in [0.29, 0.717) is 11.4 Å². The van der Waals surface area contributed by atoms with Crippen LogP contribution in [-0.2, 0) is 4.79 Å². The lowest BCUT2D eigenvalue weighted by Gasteiger charge is -2.37. The lowest BCUT2D eigenvalue weighted by molar-refractivity contribution is -0.124. The van der Waals surface area contributed by atoms with E-state index in [-0.39, 0.29) is 17.2 Å². The zero-order valence-corrected chi connectivity index (χ0v) is 14.0. The zero-order valence-electron chi connectivity index (χ0n) is 12.4. The molecule has 1 aliphatic rings. The van der Waals surface area contributed by atoms with Crippen LogP contribution in [0.25, 0.3) is 0 Å². The third kappa shape index (κ3) is 3.17. The molecule has 0 saturated heterocycles. The minimum atomic E-state index is 0.0591. The molecule has 1 fully saturated rings. The second-order valence-electron chi connectivity index (χ2n) is 6.49. The molecule has 3 nitrogen and oxygen atoms in total. The average Bonchev–Trinajstić information content (AvgIpc) is 2.32. The van der Waals surface area contributed by atoms with Crippen molar-refractivity contribution >= 4 is 33.2 Å². The normalized spacial score (nSPS) is 21.5. The smallest absolute Gasteiger partial charge is 0.228 e. The lowest BCUT2D eigenvalue weighted by atomic mass is 9.68. The van der Waals surface area contributed by atoms with E-state index in [1.165, 1.54) is 6.42 Å². The molecule has 0 heterocycles. The second-order valence-corrected chi connectivity index (χ2v) is 7.34. The van der Waals surface area contributed by atoms with Crippen molar-refractivity contribution in [2.45, 2.75) is 46.5 Å². The number of nitrogens with one attached hydrogen (secondary N) is 1. The van der Waals surface area contributed by atoms with Crippen molar-refractivity contribution in [2.24, 2.45) is 11.3 Å². The molecule has 1 aliphatic carbocycles. The fraction of sp³-hybridized carbons (Fsp3) is 0.562. The first-order chi connectivity index (χ1) is 9.31. The highest BCUT2D eigenvalue weighted by Crippen LogP contribution is 2.41. The van der Waals surface area contributed by atoms with Crippen molar-refractivity contribution < 1.29 is 4.79 Å². The number of carbonyl (C=O) groups is 1. The predicted octanol–water partition coefficient (Wildman–Crippen LogP) is 4.49. The Morgan fingerprint density at radius 1 is 1.40 bits per heavy atom. The van der Waals surface area contributed by atoms with E-state index in [2.05, 4.69) is 35.1 Å². The molecule has 1 amide bonds. The first kappa shape index (κ1) is 15.4. The number of amides is 1. The largest absolute Gasteiger partial charge is 0.397 e. The SMILES string of the molecule is Cc1cc(N)c(NC(=O)C2CCCCC2(C)C)c(Br)c1. The van der Waals surface area contributed by atoms with E-state index >= 15 is 0 Å². The van der Waals surface area contributed by atoms with Gasteiger partial charge in [-0.3, -0.25) is 4.79 Å². The van der Waals surface area contributed by atoms with Crippen LogP contribution < -0.4 is 11.1 Å². The number of hydrogen-bond acceptors (Lipinski definition) is 2. The molecule has 110 valence electrons. The molecular formula is C16H23BrN2O. The number of benzene rings is 1. The molecule has 4 heteroatoms. The molecule has 1 atom stereocenters. The predicted molar refractivity (Wildman–Crippen MR) is 87.7 cm³/mol. The number of nitrogens with two attached hydrogens (primary N) is 1. The topological polar surface area (TPSA) is 55.1 Å². The summed E-state index contributed by atoms with van der Waals surface area (Å²) in [5, 5.41) is 3.02. The summed E-state index contributed by atoms with van der Waals surface area (Å²) in [5.74, 6) is 0.148. The van der Waals surface area contributed by atoms with Gasteiger partial charge in [-0.15, -0.1) is 0 Å². The van der Waals surface area contributed by atoms with Gasteiger partial charge in [-0.2, -0.15) is 0 Å². The van der Waals surface area contributed by atoms with E-state index in [0.717, 1.165) is 29.3 Å². The third-order valence-corrected chi connectivity index (χ3v) is 4.96. The molecular weight excluding hydrogens is 316 g/mol. The Morgan fingerprint density at radius 3 is 2.70 bits per heavy atom. The van der Waals surface area contributed by atoms with E-state index in [9.17, 15) is 4.79 Å². The number of halogens is 1. The Morgan fingerprint density at radius 2 is 2.10 bits per heavy atom. The Hall–Kier alpha value is -1.03. The molecule has 0 bridgehead atoms. The van der Waals surface area contributed by atoms with Gasteiger partial charge < -0.3 is 11.1 Å². The summed E-state index contributed by atoms with van der Waals surface area (Å²) in [5.41, 5.74) is 8.47. The van der Waals surface area contributed by atoms with Crippen LogP contribution >= 0.6 is 15.9 Å². The van der Waals surface area contributed by atoms with Crippen LogP contribution in [0.3, 0.4) is 0 Å². The molecule has 1 aromatic carbocycles. The van der Waals surface area contributed by atoms with Crippen LogP contribution in [0, 0.1) is 18.3 Å². The van der Waals surface area contributed by atoms with Crippen LogP contribution in [-0.4, -0.2) is 5.91 Å². The van der Waals surface area contributed by atoms with Crippen molar-refractivity contribution in [3.63, 3.8) is 0 Å². The molecule has 0 radical (unpaired) electrons. The number of carbonyl (C=O) groups excluding carboxylic acids is 1. The number of nitrogen functional groups attached to an aromatic ring is 1. The minimum Gasteiger partial charge on any atom is -0.397 e. The summed E-state index contributed by atoms with van der Waals surface area (Å²) in [6.45, 7) is 6.35. The molecule has 1 aromatic rings. The van der Waals surface area contributed by atoms with E-state index in [4.69, 9.17) is 5.73 Å². The summed E-state index contributed by atoms with van der Waals surface area (Å²) >= 11 is 3.48. The molecule has 1 unspecified atom stereocenters. The van der Waals surface area contributed by atoms with Gasteiger partial charge in [0.2, 0.25) is 5.91 Å². The average molecular weight is 339 g/mol. The van der Waals surface area contributed by atoms with E-state index in [1.54, 1.807) is 0 Å². The second kappa shape index (κ2) is 5.76. The maximum atomic E-state index is 12.6. The van der Waals surface area contributed by atoms with Gasteiger partial charge in [-0.05, 0) is 58.8 Å². The summed E-state index contributed by atoms with van der Waals surface area (Å²) in [6.07, 6.45) is 4.41. The fourth-order valence-electron chi connectivity index (χ4n) is 3.09. The van der Waals surface area contributed by atoms with Gasteiger partial charge in [-0.1, -0.05) is 26.7 Å². The van der Waals surface area contributed by atoms with Gasteiger partial charge in [0.1, 0.15) is 0 Å². The Kier molecular flexibility index (Phi) is 4.43. The highest BCUT2D eigenvalue weighted by atomic mass is 79.9. The van der Waals surface area contributed by atoms with Crippen LogP contribution in [0.4, 0.5) is 11.4 Å². The van der Waals surface area contributed by atoms with Crippen molar-refractivity contribution in [1.29, 1.82) is 0 Å². The summed E-state index contributed by atoms with van der Waals surface area (Å²) in [6, 6.07) is 3.85. The van der Waals surface area contributed by atoms with Crippen LogP contribution in [0.5, 0.6) is 0 Å². The molecule has 20 heavy (non-hydrogen) atoms. The van der Waals surface area contributed by atoms with Crippen molar-refractivity contribution in [3.05, 3.63) is 22.2 Å². The van der Waals surface area contributed by atoms with Crippen molar-refractivity contribution in [3.8, 4) is 0 Å². The first-order valence-electron chi connectivity index (χ1n) is 7.18. The standard InChI is InChI=1S/C16H23BrN2O/c1-10-8-12(17)14(13(18)9-10)19-15(20)11-6-4-5-7-16(11,2)3/h8-9,11H,4-7,18H2,1-3H3,(H,19,20). The summed E-state index contributed by atoms with van der Waals surface area (Å²) in [7, 11) is 0. The first-order valence-corrected chi connectivity index (χ1v) is 7.97. The molecule has 3 N–H and O–H groups in total. The van der Waals surface area contributed by atoms with Gasteiger partial charge in [0, 0.05) is 10.4 Å². The zero-order chi connectivity index (χ0) is 14.9. The number of hydrogen-bond donors (Lipinski definition) is 2. The Labute approximate surface area is 129 Å². The van der Waals surface area contributed by atoms with E-state index < -0.39 is 0 Å². The van der Waals surface area contributed by atoms with Crippen LogP contribution in [0.2, 0.25) is 0 Å². The lowest BCUT2D eigenvalue weighted by Crippen LogP contribution is -2.37. The highest BCUT2D eigenvalue weighted by molar-refractivity contribution is 9.10. The summed E-state index contributed by atoms with van der Waals surface area (Å²) in [4.78, 5) is 12.6. The van der Waals surface area contributed by atoms with Crippen LogP contribution in [0.15, 0.2) is 16.6 Å². The summed E-state index contributed by atoms with van der Waals surface area (Å²) < 4.78 is 0.844. The quantitative estimate of drug-likeness (QED) is 0.780. The van der Waals surface area contributed by atoms with Gasteiger partial charge in [0.25, 0.3) is 0 Å². The van der Waals surface area contributed by atoms with E-state index in [1.807, 2.05) is 19.1 Å². The van der Waals surface area contributed by atoms with Crippen molar-refractivity contribution in [1.82, 2.24) is 0 Å². The molecule has 0 aliphatic heterocycles. The number of anilines is 2. The van der Waals surface area contributed by atoms with Gasteiger partial charge in [0.05, 0.1) is 11.4 Å². The van der Waals surface area contributed by atoms with Gasteiger partial charge >= 0.3 is 0 Å². The minimum absolute atomic E-state index is 0.0591. The molecule has 1 saturated carbocycles. The molecule has 0 spiro atoms. The Balaban J connectivity index is 2.20. The molecule has 0 aromatic heterocycles. The number of aryl methyl sites for hydroxylation is 1. The van der Waals surface area contributed by atoms with Crippen molar-refractivity contribution in [2.75, 3.05) is 11.1 Å². The Bertz CT molecular complexity index is 502. The highest BCUT2D eigenvalue weighted by Gasteiger charge is 2.37. The maximum absolute atomic E-state index is 12.6.